The van der Waals surface area contributed by atoms with Crippen molar-refractivity contribution in [3.8, 4) is 0 Å². The second kappa shape index (κ2) is 7.70. The molecule has 0 saturated heterocycles. The van der Waals surface area contributed by atoms with Crippen molar-refractivity contribution >= 4 is 23.1 Å². The Balaban J connectivity index is 2.03. The second-order valence-electron chi connectivity index (χ2n) is 7.79. The molecule has 0 nitrogen and oxygen atoms in total. The predicted molar refractivity (Wildman–Crippen MR) is 104 cm³/mol. The number of benzene rings is 2. The van der Waals surface area contributed by atoms with Gasteiger partial charge in [-0.3, -0.25) is 0 Å². The van der Waals surface area contributed by atoms with Crippen LogP contribution in [0.4, 0.5) is 0 Å². The summed E-state index contributed by atoms with van der Waals surface area (Å²) in [4.78, 5) is 0. The van der Waals surface area contributed by atoms with Gasteiger partial charge in [0.1, 0.15) is 0 Å². The van der Waals surface area contributed by atoms with Gasteiger partial charge < -0.3 is 0 Å². The number of hydrogen-bond donors (Lipinski definition) is 0. The fourth-order valence-electron chi connectivity index (χ4n) is 4.67. The summed E-state index contributed by atoms with van der Waals surface area (Å²) in [6.45, 7) is 7.37. The minimum atomic E-state index is -1.79. The van der Waals surface area contributed by atoms with Crippen LogP contribution in [-0.4, -0.2) is 14.3 Å². The molecule has 1 fully saturated rings. The van der Waals surface area contributed by atoms with Crippen LogP contribution in [0.1, 0.15) is 40.0 Å². The van der Waals surface area contributed by atoms with Crippen LogP contribution in [0.2, 0.25) is 4.75 Å². The summed E-state index contributed by atoms with van der Waals surface area (Å²) >= 11 is -1.79. The van der Waals surface area contributed by atoms with Crippen LogP contribution in [0.15, 0.2) is 60.7 Å². The Bertz CT molecular complexity index is 550. The molecule has 2 aromatic rings. The van der Waals surface area contributed by atoms with E-state index in [1.807, 2.05) is 0 Å². The molecule has 3 rings (SSSR count). The molecule has 1 heteroatoms. The van der Waals surface area contributed by atoms with Gasteiger partial charge in [-0.1, -0.05) is 0 Å². The molecule has 1 aliphatic rings. The first-order valence-corrected chi connectivity index (χ1v) is 13.1. The molecule has 0 aromatic heterocycles. The zero-order valence-electron chi connectivity index (χ0n) is 14.8. The van der Waals surface area contributed by atoms with Crippen LogP contribution in [0.5, 0.6) is 0 Å². The van der Waals surface area contributed by atoms with Crippen LogP contribution >= 0.6 is 0 Å². The van der Waals surface area contributed by atoms with E-state index in [2.05, 4.69) is 81.4 Å². The number of rotatable bonds is 4. The third kappa shape index (κ3) is 3.91. The van der Waals surface area contributed by atoms with Crippen molar-refractivity contribution in [1.29, 1.82) is 0 Å². The van der Waals surface area contributed by atoms with E-state index in [1.54, 1.807) is 8.79 Å². The van der Waals surface area contributed by atoms with E-state index >= 15 is 0 Å². The summed E-state index contributed by atoms with van der Waals surface area (Å²) in [7, 11) is 0. The van der Waals surface area contributed by atoms with Gasteiger partial charge in [-0.05, 0) is 0 Å². The molecule has 1 saturated carbocycles. The van der Waals surface area contributed by atoms with Crippen molar-refractivity contribution < 1.29 is 0 Å². The molecule has 0 N–H and O–H groups in total. The molecule has 0 amide bonds. The maximum absolute atomic E-state index is 2.47. The van der Waals surface area contributed by atoms with Crippen LogP contribution in [0.3, 0.4) is 0 Å². The van der Waals surface area contributed by atoms with Gasteiger partial charge in [0, 0.05) is 0 Å². The minimum absolute atomic E-state index is 0.813. The fraction of sp³-hybridized carbons (Fsp3) is 0.455. The van der Waals surface area contributed by atoms with E-state index in [0.29, 0.717) is 0 Å². The summed E-state index contributed by atoms with van der Waals surface area (Å²) in [5.74, 6) is 2.63. The summed E-state index contributed by atoms with van der Waals surface area (Å²) in [5, 5.41) is 0. The Labute approximate surface area is 146 Å². The topological polar surface area (TPSA) is 0 Å². The molecule has 2 aromatic carbocycles. The van der Waals surface area contributed by atoms with E-state index in [1.165, 1.54) is 19.3 Å². The van der Waals surface area contributed by atoms with Crippen molar-refractivity contribution in [3.63, 3.8) is 0 Å². The zero-order chi connectivity index (χ0) is 16.2. The Morgan fingerprint density at radius 2 is 1.35 bits per heavy atom. The zero-order valence-corrected chi connectivity index (χ0v) is 17.2. The van der Waals surface area contributed by atoms with Gasteiger partial charge in [0.15, 0.2) is 0 Å². The molecule has 1 aliphatic carbocycles. The van der Waals surface area contributed by atoms with Gasteiger partial charge in [-0.15, -0.1) is 0 Å². The van der Waals surface area contributed by atoms with Crippen LogP contribution in [0.25, 0.3) is 0 Å². The standard InChI is InChI=1S/C22H30Ge/c1-17(2)21-15-14-18(3)16-22(21)23(19-10-6-4-7-11-19)20-12-8-5-9-13-20/h4-13,17-18,21-23H,14-16H2,1-3H3/t18-,21+,22-/m1/s1. The van der Waals surface area contributed by atoms with Gasteiger partial charge in [-0.25, -0.2) is 0 Å². The first-order valence-electron chi connectivity index (χ1n) is 9.26. The molecular weight excluding hydrogens is 337 g/mol. The monoisotopic (exact) mass is 368 g/mol. The first kappa shape index (κ1) is 16.8. The van der Waals surface area contributed by atoms with Crippen molar-refractivity contribution in [2.45, 2.75) is 44.8 Å². The first-order chi connectivity index (χ1) is 11.2. The molecule has 0 spiro atoms. The Kier molecular flexibility index (Phi) is 5.63. The summed E-state index contributed by atoms with van der Waals surface area (Å²) in [6, 6.07) is 22.9. The van der Waals surface area contributed by atoms with Crippen molar-refractivity contribution in [3.05, 3.63) is 60.7 Å². The predicted octanol–water partition coefficient (Wildman–Crippen LogP) is 4.49. The average molecular weight is 367 g/mol. The normalized spacial score (nSPS) is 25.0. The SMILES string of the molecule is CC(C)[C@@H]1CC[C@@H](C)C[C@H]1[GeH]([c]1ccccc1)[c]1ccccc1. The van der Waals surface area contributed by atoms with Gasteiger partial charge in [0.05, 0.1) is 0 Å². The summed E-state index contributed by atoms with van der Waals surface area (Å²) in [5.41, 5.74) is 0. The Morgan fingerprint density at radius 1 is 0.826 bits per heavy atom. The molecule has 23 heavy (non-hydrogen) atoms. The molecule has 0 unspecified atom stereocenters. The van der Waals surface area contributed by atoms with E-state index in [4.69, 9.17) is 0 Å². The van der Waals surface area contributed by atoms with Gasteiger partial charge in [0.25, 0.3) is 0 Å². The van der Waals surface area contributed by atoms with E-state index < -0.39 is 14.3 Å². The molecule has 0 aliphatic heterocycles. The van der Waals surface area contributed by atoms with E-state index in [-0.39, 0.29) is 0 Å². The van der Waals surface area contributed by atoms with E-state index in [9.17, 15) is 0 Å². The summed E-state index contributed by atoms with van der Waals surface area (Å²) < 4.78 is 4.29. The molecule has 122 valence electrons. The molecule has 0 radical (unpaired) electrons. The third-order valence-corrected chi connectivity index (χ3v) is 13.9. The van der Waals surface area contributed by atoms with Gasteiger partial charge >= 0.3 is 146 Å². The Morgan fingerprint density at radius 3 is 1.83 bits per heavy atom. The molecular formula is C22H30Ge. The van der Waals surface area contributed by atoms with Crippen LogP contribution in [-0.2, 0) is 0 Å². The van der Waals surface area contributed by atoms with Crippen molar-refractivity contribution in [2.24, 2.45) is 17.8 Å². The molecule has 3 atom stereocenters. The van der Waals surface area contributed by atoms with Gasteiger partial charge in [0.2, 0.25) is 0 Å². The van der Waals surface area contributed by atoms with E-state index in [0.717, 1.165) is 22.5 Å². The van der Waals surface area contributed by atoms with Crippen LogP contribution in [0, 0.1) is 17.8 Å². The summed E-state index contributed by atoms with van der Waals surface area (Å²) in [6.07, 6.45) is 4.31. The molecule has 0 heterocycles. The maximum atomic E-state index is 2.47. The number of hydrogen-bond acceptors (Lipinski definition) is 0. The Hall–Kier alpha value is -1.02. The van der Waals surface area contributed by atoms with Crippen molar-refractivity contribution in [2.75, 3.05) is 0 Å². The third-order valence-electron chi connectivity index (χ3n) is 5.82. The quantitative estimate of drug-likeness (QED) is 0.699. The average Bonchev–Trinajstić information content (AvgIpc) is 2.57. The fourth-order valence-corrected chi connectivity index (χ4v) is 14.1. The molecule has 0 bridgehead atoms. The van der Waals surface area contributed by atoms with Crippen LogP contribution < -0.4 is 8.79 Å². The van der Waals surface area contributed by atoms with Crippen molar-refractivity contribution in [1.82, 2.24) is 0 Å². The second-order valence-corrected chi connectivity index (χ2v) is 14.4. The van der Waals surface area contributed by atoms with Gasteiger partial charge in [-0.2, -0.15) is 0 Å².